The number of rotatable bonds is 10. The number of ketones is 2. The van der Waals surface area contributed by atoms with Gasteiger partial charge in [-0.15, -0.1) is 0 Å². The Hall–Kier alpha value is -3.68. The summed E-state index contributed by atoms with van der Waals surface area (Å²) in [5.41, 5.74) is 1.20. The van der Waals surface area contributed by atoms with Crippen LogP contribution in [-0.4, -0.2) is 36.5 Å². The van der Waals surface area contributed by atoms with Gasteiger partial charge in [-0.2, -0.15) is 10.2 Å². The van der Waals surface area contributed by atoms with Gasteiger partial charge in [0.05, 0.1) is 12.8 Å². The maximum atomic E-state index is 11.7. The molecule has 0 heterocycles. The highest BCUT2D eigenvalue weighted by atomic mass is 16.2. The highest BCUT2D eigenvalue weighted by Gasteiger charge is 2.11. The first-order valence-corrected chi connectivity index (χ1v) is 8.59. The van der Waals surface area contributed by atoms with Gasteiger partial charge in [0.1, 0.15) is 13.1 Å². The number of carbonyl (C=O) groups excluding carboxylic acids is 4. The minimum Gasteiger partial charge on any atom is -0.326 e. The summed E-state index contributed by atoms with van der Waals surface area (Å²) in [5, 5.41) is 12.4. The number of nitrogens with one attached hydrogen (secondary N) is 2. The van der Waals surface area contributed by atoms with Crippen LogP contribution in [0, 0.1) is 0 Å². The summed E-state index contributed by atoms with van der Waals surface area (Å²) in [7, 11) is 0. The first kappa shape index (κ1) is 20.6. The molecule has 8 heteroatoms. The summed E-state index contributed by atoms with van der Waals surface area (Å²) >= 11 is 0. The predicted molar refractivity (Wildman–Crippen MR) is 104 cm³/mol. The van der Waals surface area contributed by atoms with E-state index < -0.39 is 23.4 Å². The number of hydrogen-bond acceptors (Lipinski definition) is 6. The quantitative estimate of drug-likeness (QED) is 0.487. The smallest absolute Gasteiger partial charge is 0.231 e. The van der Waals surface area contributed by atoms with E-state index in [9.17, 15) is 19.2 Å². The molecule has 0 unspecified atom stereocenters. The van der Waals surface area contributed by atoms with E-state index in [1.54, 1.807) is 48.5 Å². The molecule has 2 aromatic rings. The summed E-state index contributed by atoms with van der Waals surface area (Å²) in [5.74, 6) is -1.74. The van der Waals surface area contributed by atoms with Crippen molar-refractivity contribution in [1.29, 1.82) is 0 Å². The molecule has 0 aliphatic carbocycles. The highest BCUT2D eigenvalue weighted by Crippen LogP contribution is 2.06. The molecule has 2 amide bonds. The lowest BCUT2D eigenvalue weighted by Gasteiger charge is -2.03. The number of amides is 2. The standard InChI is InChI=1S/C20H20N4O4/c25-17(11-19(27)23-15-7-3-1-4-8-15)13-21-22-14-18(26)12-20(28)24-16-9-5-2-6-10-16/h1-10H,11-14H2,(H,23,27)(H,24,28). The van der Waals surface area contributed by atoms with Crippen molar-refractivity contribution in [3.8, 4) is 0 Å². The van der Waals surface area contributed by atoms with Gasteiger partial charge in [0.25, 0.3) is 0 Å². The molecular formula is C20H20N4O4. The number of para-hydroxylation sites is 2. The maximum Gasteiger partial charge on any atom is 0.231 e. The van der Waals surface area contributed by atoms with Crippen LogP contribution in [0.5, 0.6) is 0 Å². The van der Waals surface area contributed by atoms with Crippen LogP contribution >= 0.6 is 0 Å². The molecule has 0 fully saturated rings. The van der Waals surface area contributed by atoms with Crippen molar-refractivity contribution in [2.24, 2.45) is 10.2 Å². The first-order chi connectivity index (χ1) is 13.5. The highest BCUT2D eigenvalue weighted by molar-refractivity contribution is 6.05. The fourth-order valence-electron chi connectivity index (χ4n) is 2.18. The van der Waals surface area contributed by atoms with E-state index in [0.717, 1.165) is 0 Å². The molecule has 2 rings (SSSR count). The molecule has 2 N–H and O–H groups in total. The molecule has 0 spiro atoms. The molecule has 0 radical (unpaired) electrons. The van der Waals surface area contributed by atoms with Crippen LogP contribution < -0.4 is 10.6 Å². The number of benzene rings is 2. The molecule has 0 aliphatic rings. The Kier molecular flexibility index (Phi) is 8.19. The van der Waals surface area contributed by atoms with E-state index >= 15 is 0 Å². The maximum absolute atomic E-state index is 11.7. The molecule has 0 bridgehead atoms. The molecule has 0 saturated carbocycles. The average Bonchev–Trinajstić information content (AvgIpc) is 2.66. The number of hydrogen-bond donors (Lipinski definition) is 2. The summed E-state index contributed by atoms with van der Waals surface area (Å²) in [6.07, 6.45) is -0.664. The zero-order chi connectivity index (χ0) is 20.2. The summed E-state index contributed by atoms with van der Waals surface area (Å²) in [4.78, 5) is 46.9. The predicted octanol–water partition coefficient (Wildman–Crippen LogP) is 2.63. The van der Waals surface area contributed by atoms with Gasteiger partial charge in [0, 0.05) is 11.4 Å². The van der Waals surface area contributed by atoms with Crippen molar-refractivity contribution in [1.82, 2.24) is 0 Å². The fraction of sp³-hybridized carbons (Fsp3) is 0.200. The second-order valence-corrected chi connectivity index (χ2v) is 5.86. The largest absolute Gasteiger partial charge is 0.326 e. The number of azo groups is 1. The first-order valence-electron chi connectivity index (χ1n) is 8.59. The molecule has 8 nitrogen and oxygen atoms in total. The monoisotopic (exact) mass is 380 g/mol. The lowest BCUT2D eigenvalue weighted by molar-refractivity contribution is -0.126. The molecule has 0 aromatic heterocycles. The van der Waals surface area contributed by atoms with E-state index in [2.05, 4.69) is 20.9 Å². The van der Waals surface area contributed by atoms with Gasteiger partial charge in [0.15, 0.2) is 11.6 Å². The van der Waals surface area contributed by atoms with Gasteiger partial charge in [-0.3, -0.25) is 19.2 Å². The Morgan fingerprint density at radius 2 is 0.964 bits per heavy atom. The van der Waals surface area contributed by atoms with E-state index in [1.807, 2.05) is 12.1 Å². The SMILES string of the molecule is O=C(CN=NCC(=O)CC(=O)Nc1ccccc1)CC(=O)Nc1ccccc1. The molecule has 28 heavy (non-hydrogen) atoms. The van der Waals surface area contributed by atoms with Crippen LogP contribution in [0.2, 0.25) is 0 Å². The third kappa shape index (κ3) is 8.13. The Bertz CT molecular complexity index is 780. The summed E-state index contributed by atoms with van der Waals surface area (Å²) < 4.78 is 0. The number of anilines is 2. The summed E-state index contributed by atoms with van der Waals surface area (Å²) in [6.45, 7) is -0.600. The Morgan fingerprint density at radius 3 is 1.32 bits per heavy atom. The molecular weight excluding hydrogens is 360 g/mol. The average molecular weight is 380 g/mol. The van der Waals surface area contributed by atoms with E-state index in [-0.39, 0.29) is 25.9 Å². The van der Waals surface area contributed by atoms with Gasteiger partial charge in [-0.05, 0) is 24.3 Å². The van der Waals surface area contributed by atoms with Crippen molar-refractivity contribution < 1.29 is 19.2 Å². The zero-order valence-corrected chi connectivity index (χ0v) is 15.1. The Morgan fingerprint density at radius 1 is 0.607 bits per heavy atom. The third-order valence-electron chi connectivity index (χ3n) is 3.42. The summed E-state index contributed by atoms with van der Waals surface area (Å²) in [6, 6.07) is 17.5. The third-order valence-corrected chi connectivity index (χ3v) is 3.42. The molecule has 0 atom stereocenters. The minimum atomic E-state index is -0.444. The Labute approximate surface area is 162 Å². The number of nitrogens with zero attached hydrogens (tertiary/aromatic N) is 2. The molecule has 2 aromatic carbocycles. The number of Topliss-reactive ketones (excluding diaryl/α,β-unsaturated/α-hetero) is 2. The fourth-order valence-corrected chi connectivity index (χ4v) is 2.18. The van der Waals surface area contributed by atoms with E-state index in [1.165, 1.54) is 0 Å². The van der Waals surface area contributed by atoms with Crippen LogP contribution in [0.1, 0.15) is 12.8 Å². The van der Waals surface area contributed by atoms with Gasteiger partial charge in [0.2, 0.25) is 11.8 Å². The van der Waals surface area contributed by atoms with Crippen molar-refractivity contribution in [3.05, 3.63) is 60.7 Å². The Balaban J connectivity index is 1.64. The van der Waals surface area contributed by atoms with E-state index in [0.29, 0.717) is 11.4 Å². The number of carbonyl (C=O) groups is 4. The second kappa shape index (κ2) is 11.1. The minimum absolute atomic E-state index is 0.300. The van der Waals surface area contributed by atoms with Crippen LogP contribution in [0.3, 0.4) is 0 Å². The van der Waals surface area contributed by atoms with Crippen LogP contribution in [0.15, 0.2) is 70.9 Å². The van der Waals surface area contributed by atoms with Gasteiger partial charge >= 0.3 is 0 Å². The molecule has 0 saturated heterocycles. The van der Waals surface area contributed by atoms with Gasteiger partial charge in [-0.1, -0.05) is 36.4 Å². The molecule has 0 aliphatic heterocycles. The van der Waals surface area contributed by atoms with Crippen LogP contribution in [0.25, 0.3) is 0 Å². The normalized spacial score (nSPS) is 10.4. The topological polar surface area (TPSA) is 117 Å². The van der Waals surface area contributed by atoms with Crippen molar-refractivity contribution in [2.45, 2.75) is 12.8 Å². The second-order valence-electron chi connectivity index (χ2n) is 5.86. The van der Waals surface area contributed by atoms with Crippen molar-refractivity contribution in [2.75, 3.05) is 23.7 Å². The van der Waals surface area contributed by atoms with Gasteiger partial charge < -0.3 is 10.6 Å². The van der Waals surface area contributed by atoms with Crippen molar-refractivity contribution in [3.63, 3.8) is 0 Å². The lowest BCUT2D eigenvalue weighted by atomic mass is 10.2. The van der Waals surface area contributed by atoms with Gasteiger partial charge in [-0.25, -0.2) is 0 Å². The lowest BCUT2D eigenvalue weighted by Crippen LogP contribution is -2.18. The van der Waals surface area contributed by atoms with Crippen LogP contribution in [0.4, 0.5) is 11.4 Å². The zero-order valence-electron chi connectivity index (χ0n) is 15.1. The van der Waals surface area contributed by atoms with E-state index in [4.69, 9.17) is 0 Å². The van der Waals surface area contributed by atoms with Crippen molar-refractivity contribution >= 4 is 34.8 Å². The van der Waals surface area contributed by atoms with Crippen LogP contribution in [-0.2, 0) is 19.2 Å². The molecule has 144 valence electrons.